The Morgan fingerprint density at radius 1 is 1.33 bits per heavy atom. The Balaban J connectivity index is 1.99. The molecule has 0 saturated heterocycles. The number of rotatable bonds is 4. The molecule has 0 bridgehead atoms. The number of carbonyl (C=O) groups is 1. The van der Waals surface area contributed by atoms with Crippen LogP contribution < -0.4 is 0 Å². The fourth-order valence-electron chi connectivity index (χ4n) is 3.26. The molecule has 3 heterocycles. The molecule has 0 unspecified atom stereocenters. The molecular formula is C16H18N4O2S2. The van der Waals surface area contributed by atoms with Crippen molar-refractivity contribution >= 4 is 44.9 Å². The second kappa shape index (κ2) is 6.00. The second-order valence-corrected chi connectivity index (χ2v) is 8.37. The third-order valence-electron chi connectivity index (χ3n) is 4.30. The number of aromatic nitrogens is 4. The van der Waals surface area contributed by atoms with Crippen LogP contribution in [-0.4, -0.2) is 36.4 Å². The molecule has 0 radical (unpaired) electrons. The lowest BCUT2D eigenvalue weighted by molar-refractivity contribution is -0.133. The lowest BCUT2D eigenvalue weighted by atomic mass is 9.97. The van der Waals surface area contributed by atoms with Crippen LogP contribution in [0.15, 0.2) is 5.16 Å². The van der Waals surface area contributed by atoms with Crippen molar-refractivity contribution in [3.8, 4) is 0 Å². The van der Waals surface area contributed by atoms with Crippen LogP contribution in [0.5, 0.6) is 0 Å². The molecule has 0 spiro atoms. The summed E-state index contributed by atoms with van der Waals surface area (Å²) in [6.07, 6.45) is 4.62. The fourth-order valence-corrected chi connectivity index (χ4v) is 5.18. The summed E-state index contributed by atoms with van der Waals surface area (Å²) in [5.74, 6) is 0.216. The molecule has 0 fully saturated rings. The van der Waals surface area contributed by atoms with Crippen molar-refractivity contribution in [3.05, 3.63) is 16.3 Å². The standard InChI is InChI=1S/C16H18N4O2S2/c1-8(2)13-17-15-12(9-5-3-4-6-10(9)24-15)14-18-19-16(20(13)14)23-7-11(21)22/h8H,3-7H2,1-2H3,(H,21,22). The van der Waals surface area contributed by atoms with E-state index in [2.05, 4.69) is 24.0 Å². The van der Waals surface area contributed by atoms with E-state index in [0.29, 0.717) is 5.16 Å². The summed E-state index contributed by atoms with van der Waals surface area (Å²) >= 11 is 2.98. The van der Waals surface area contributed by atoms with Gasteiger partial charge in [0.25, 0.3) is 0 Å². The highest BCUT2D eigenvalue weighted by Crippen LogP contribution is 2.39. The van der Waals surface area contributed by atoms with Crippen molar-refractivity contribution in [1.82, 2.24) is 19.6 Å². The molecule has 0 aromatic carbocycles. The van der Waals surface area contributed by atoms with Crippen molar-refractivity contribution < 1.29 is 9.90 Å². The first-order valence-corrected chi connectivity index (χ1v) is 9.90. The molecule has 3 aromatic heterocycles. The third-order valence-corrected chi connectivity index (χ3v) is 6.40. The van der Waals surface area contributed by atoms with Crippen LogP contribution in [0.2, 0.25) is 0 Å². The smallest absolute Gasteiger partial charge is 0.313 e. The van der Waals surface area contributed by atoms with E-state index >= 15 is 0 Å². The van der Waals surface area contributed by atoms with Gasteiger partial charge in [-0.25, -0.2) is 4.98 Å². The van der Waals surface area contributed by atoms with Gasteiger partial charge >= 0.3 is 5.97 Å². The highest BCUT2D eigenvalue weighted by molar-refractivity contribution is 7.99. The van der Waals surface area contributed by atoms with Crippen molar-refractivity contribution in [2.45, 2.75) is 50.6 Å². The van der Waals surface area contributed by atoms with E-state index in [1.54, 1.807) is 11.3 Å². The minimum Gasteiger partial charge on any atom is -0.481 e. The highest BCUT2D eigenvalue weighted by atomic mass is 32.2. The molecule has 4 rings (SSSR count). The average Bonchev–Trinajstić information content (AvgIpc) is 3.12. The maximum absolute atomic E-state index is 10.9. The molecule has 0 atom stereocenters. The summed E-state index contributed by atoms with van der Waals surface area (Å²) in [7, 11) is 0. The first-order valence-electron chi connectivity index (χ1n) is 8.10. The third kappa shape index (κ3) is 2.48. The first-order chi connectivity index (χ1) is 11.6. The van der Waals surface area contributed by atoms with Gasteiger partial charge in [0.05, 0.1) is 11.1 Å². The normalized spacial score (nSPS) is 14.6. The van der Waals surface area contributed by atoms with E-state index < -0.39 is 5.97 Å². The monoisotopic (exact) mass is 362 g/mol. The van der Waals surface area contributed by atoms with E-state index in [0.717, 1.165) is 34.5 Å². The van der Waals surface area contributed by atoms with E-state index in [1.165, 1.54) is 35.0 Å². The molecule has 1 N–H and O–H groups in total. The summed E-state index contributed by atoms with van der Waals surface area (Å²) in [5, 5.41) is 19.4. The van der Waals surface area contributed by atoms with E-state index in [-0.39, 0.29) is 11.7 Å². The maximum Gasteiger partial charge on any atom is 0.313 e. The van der Waals surface area contributed by atoms with Gasteiger partial charge in [-0.1, -0.05) is 25.6 Å². The molecule has 6 nitrogen and oxygen atoms in total. The average molecular weight is 362 g/mol. The Morgan fingerprint density at radius 2 is 2.12 bits per heavy atom. The summed E-state index contributed by atoms with van der Waals surface area (Å²) in [5.41, 5.74) is 2.20. The predicted molar refractivity (Wildman–Crippen MR) is 95.3 cm³/mol. The number of aryl methyl sites for hydroxylation is 2. The minimum atomic E-state index is -0.857. The van der Waals surface area contributed by atoms with Crippen LogP contribution in [0.1, 0.15) is 48.9 Å². The van der Waals surface area contributed by atoms with Gasteiger partial charge in [0.2, 0.25) is 0 Å². The predicted octanol–water partition coefficient (Wildman–Crippen LogP) is 3.52. The van der Waals surface area contributed by atoms with Crippen LogP contribution in [-0.2, 0) is 17.6 Å². The minimum absolute atomic E-state index is 0.0297. The van der Waals surface area contributed by atoms with E-state index in [9.17, 15) is 4.79 Å². The van der Waals surface area contributed by atoms with Crippen molar-refractivity contribution in [3.63, 3.8) is 0 Å². The zero-order chi connectivity index (χ0) is 16.8. The molecule has 8 heteroatoms. The summed E-state index contributed by atoms with van der Waals surface area (Å²) in [4.78, 5) is 18.3. The zero-order valence-electron chi connectivity index (χ0n) is 13.6. The lowest BCUT2D eigenvalue weighted by Gasteiger charge is -2.12. The summed E-state index contributed by atoms with van der Waals surface area (Å²) in [6, 6.07) is 0. The molecule has 3 aromatic rings. The zero-order valence-corrected chi connectivity index (χ0v) is 15.2. The Hall–Kier alpha value is -1.67. The Bertz CT molecular complexity index is 945. The molecule has 1 aliphatic rings. The van der Waals surface area contributed by atoms with Gasteiger partial charge in [-0.05, 0) is 31.2 Å². The van der Waals surface area contributed by atoms with Gasteiger partial charge in [0.15, 0.2) is 10.8 Å². The number of carboxylic acid groups (broad SMARTS) is 1. The maximum atomic E-state index is 10.9. The van der Waals surface area contributed by atoms with Gasteiger partial charge in [0, 0.05) is 10.8 Å². The van der Waals surface area contributed by atoms with Crippen LogP contribution in [0.4, 0.5) is 0 Å². The van der Waals surface area contributed by atoms with E-state index in [4.69, 9.17) is 10.1 Å². The van der Waals surface area contributed by atoms with Crippen molar-refractivity contribution in [2.24, 2.45) is 0 Å². The quantitative estimate of drug-likeness (QED) is 0.715. The largest absolute Gasteiger partial charge is 0.481 e. The SMILES string of the molecule is CC(C)c1nc2sc3c(c2c2nnc(SCC(=O)O)n12)CCCC3. The molecular weight excluding hydrogens is 344 g/mol. The van der Waals surface area contributed by atoms with Gasteiger partial charge in [-0.15, -0.1) is 21.5 Å². The molecule has 126 valence electrons. The first kappa shape index (κ1) is 15.8. The Kier molecular flexibility index (Phi) is 3.96. The molecule has 0 aliphatic heterocycles. The van der Waals surface area contributed by atoms with Crippen LogP contribution in [0.25, 0.3) is 15.9 Å². The summed E-state index contributed by atoms with van der Waals surface area (Å²) in [6.45, 7) is 4.18. The van der Waals surface area contributed by atoms with Gasteiger partial charge in [-0.2, -0.15) is 0 Å². The number of aliphatic carboxylic acids is 1. The van der Waals surface area contributed by atoms with Crippen LogP contribution >= 0.6 is 23.1 Å². The Labute approximate surface area is 147 Å². The number of thiophene rings is 1. The van der Waals surface area contributed by atoms with Crippen LogP contribution in [0.3, 0.4) is 0 Å². The van der Waals surface area contributed by atoms with Crippen molar-refractivity contribution in [1.29, 1.82) is 0 Å². The number of carboxylic acids is 1. The van der Waals surface area contributed by atoms with Gasteiger partial charge < -0.3 is 5.11 Å². The van der Waals surface area contributed by atoms with Crippen molar-refractivity contribution in [2.75, 3.05) is 5.75 Å². The summed E-state index contributed by atoms with van der Waals surface area (Å²) < 4.78 is 1.96. The molecule has 24 heavy (non-hydrogen) atoms. The topological polar surface area (TPSA) is 80.4 Å². The number of nitrogens with zero attached hydrogens (tertiary/aromatic N) is 4. The molecule has 0 amide bonds. The number of hydrogen-bond acceptors (Lipinski definition) is 6. The molecule has 0 saturated carbocycles. The number of hydrogen-bond donors (Lipinski definition) is 1. The fraction of sp³-hybridized carbons (Fsp3) is 0.500. The van der Waals surface area contributed by atoms with E-state index in [1.807, 2.05) is 4.40 Å². The Morgan fingerprint density at radius 3 is 2.88 bits per heavy atom. The number of thioether (sulfide) groups is 1. The highest BCUT2D eigenvalue weighted by Gasteiger charge is 2.24. The van der Waals surface area contributed by atoms with Crippen LogP contribution in [0, 0.1) is 0 Å². The van der Waals surface area contributed by atoms with Gasteiger partial charge in [-0.3, -0.25) is 9.20 Å². The number of fused-ring (bicyclic) bond motifs is 5. The molecule has 1 aliphatic carbocycles. The second-order valence-electron chi connectivity index (χ2n) is 6.34. The van der Waals surface area contributed by atoms with Gasteiger partial charge in [0.1, 0.15) is 10.7 Å². The lowest BCUT2D eigenvalue weighted by Crippen LogP contribution is -2.06.